The van der Waals surface area contributed by atoms with Gasteiger partial charge >= 0.3 is 0 Å². The minimum absolute atomic E-state index is 0.258. The largest absolute Gasteiger partial charge is 0.299 e. The molecule has 0 aromatic heterocycles. The van der Waals surface area contributed by atoms with Gasteiger partial charge in [0.1, 0.15) is 0 Å². The molecule has 0 fully saturated rings. The van der Waals surface area contributed by atoms with Gasteiger partial charge in [-0.05, 0) is 5.18 Å². The van der Waals surface area contributed by atoms with E-state index in [2.05, 4.69) is 5.18 Å². The molecule has 0 N–H and O–H groups in total. The number of halogens is 1. The Kier molecular flexibility index (Phi) is 2.58. The molecule has 0 aliphatic rings. The van der Waals surface area contributed by atoms with E-state index in [4.69, 9.17) is 16.5 Å². The second-order valence-electron chi connectivity index (χ2n) is 0.614. The van der Waals surface area contributed by atoms with E-state index in [0.29, 0.717) is 0 Å². The Morgan fingerprint density at radius 1 is 1.83 bits per heavy atom. The van der Waals surface area contributed by atoms with Gasteiger partial charge in [-0.3, -0.25) is 4.79 Å². The fourth-order valence-electron chi connectivity index (χ4n) is 0.0248. The predicted octanol–water partition coefficient (Wildman–Crippen LogP) is 0.517. The highest BCUT2D eigenvalue weighted by Crippen LogP contribution is 1.87. The minimum atomic E-state index is -1.20. The Hall–Kier alpha value is -0.440. The molecule has 0 heterocycles. The fourth-order valence-corrected chi connectivity index (χ4v) is 0.0248. The quantitative estimate of drug-likeness (QED) is 0.224. The zero-order valence-corrected chi connectivity index (χ0v) is 3.55. The van der Waals surface area contributed by atoms with Crippen molar-refractivity contribution in [3.8, 4) is 0 Å². The van der Waals surface area contributed by atoms with E-state index in [0.717, 1.165) is 0 Å². The summed E-state index contributed by atoms with van der Waals surface area (Å²) < 4.78 is 0. The maximum absolute atomic E-state index is 9.31. The van der Waals surface area contributed by atoms with Gasteiger partial charge in [-0.25, -0.2) is 0 Å². The van der Waals surface area contributed by atoms with Crippen molar-refractivity contribution in [2.24, 2.45) is 5.18 Å². The summed E-state index contributed by atoms with van der Waals surface area (Å²) in [5.41, 5.74) is -1.20. The zero-order valence-electron chi connectivity index (χ0n) is 2.80. The molecule has 0 aromatic rings. The second-order valence-corrected chi connectivity index (χ2v) is 1.06. The van der Waals surface area contributed by atoms with Crippen molar-refractivity contribution in [3.05, 3.63) is 4.91 Å². The first-order valence-electron chi connectivity index (χ1n) is 1.23. The first-order valence-corrected chi connectivity index (χ1v) is 1.66. The van der Waals surface area contributed by atoms with Crippen molar-refractivity contribution in [1.29, 1.82) is 0 Å². The Labute approximate surface area is 39.3 Å². The van der Waals surface area contributed by atoms with Crippen LogP contribution in [-0.4, -0.2) is 11.8 Å². The molecule has 34 valence electrons. The van der Waals surface area contributed by atoms with Crippen LogP contribution in [0.4, 0.5) is 0 Å². The smallest absolute Gasteiger partial charge is 0.220 e. The number of rotatable bonds is 2. The number of carbonyl (C=O) groups is 1. The van der Waals surface area contributed by atoms with Crippen LogP contribution in [-0.2, 0) is 4.79 Å². The average Bonchev–Trinajstić information content (AvgIpc) is 1.65. The molecule has 0 amide bonds. The van der Waals surface area contributed by atoms with Crippen LogP contribution in [0.2, 0.25) is 0 Å². The van der Waals surface area contributed by atoms with Gasteiger partial charge in [0, 0.05) is 0 Å². The van der Waals surface area contributed by atoms with Crippen LogP contribution >= 0.6 is 11.6 Å². The molecule has 1 unspecified atom stereocenters. The Morgan fingerprint density at radius 3 is 2.33 bits per heavy atom. The molecular weight excluding hydrogens is 105 g/mol. The predicted molar refractivity (Wildman–Crippen MR) is 21.5 cm³/mol. The van der Waals surface area contributed by atoms with Crippen LogP contribution in [0.5, 0.6) is 0 Å². The van der Waals surface area contributed by atoms with E-state index in [9.17, 15) is 4.79 Å². The summed E-state index contributed by atoms with van der Waals surface area (Å²) in [7, 11) is 0. The van der Waals surface area contributed by atoms with E-state index >= 15 is 0 Å². The van der Waals surface area contributed by atoms with Gasteiger partial charge in [-0.1, -0.05) is 11.6 Å². The van der Waals surface area contributed by atoms with Crippen LogP contribution in [0.15, 0.2) is 5.18 Å². The topological polar surface area (TPSA) is 46.5 Å². The molecule has 0 bridgehead atoms. The Bertz CT molecular complexity index is 56.6. The Balaban J connectivity index is 3.21. The summed E-state index contributed by atoms with van der Waals surface area (Å²) in [6.45, 7) is 0. The summed E-state index contributed by atoms with van der Waals surface area (Å²) in [6, 6.07) is 0. The van der Waals surface area contributed by atoms with Crippen LogP contribution in [0, 0.1) is 4.91 Å². The van der Waals surface area contributed by atoms with Crippen molar-refractivity contribution in [2.45, 2.75) is 5.50 Å². The summed E-state index contributed by atoms with van der Waals surface area (Å²) in [4.78, 5) is 18.4. The van der Waals surface area contributed by atoms with Gasteiger partial charge in [0.15, 0.2) is 6.29 Å². The third-order valence-corrected chi connectivity index (χ3v) is 0.396. The lowest BCUT2D eigenvalue weighted by Crippen LogP contribution is -1.89. The molecule has 0 rings (SSSR count). The minimum Gasteiger partial charge on any atom is -0.299 e. The van der Waals surface area contributed by atoms with Gasteiger partial charge in [0.05, 0.1) is 0 Å². The lowest BCUT2D eigenvalue weighted by atomic mass is 10.8. The number of nitroso groups, excluding NO2 is 1. The molecule has 0 aromatic carbocycles. The molecule has 0 saturated heterocycles. The van der Waals surface area contributed by atoms with Crippen molar-refractivity contribution in [3.63, 3.8) is 0 Å². The molecule has 0 spiro atoms. The van der Waals surface area contributed by atoms with Gasteiger partial charge in [0.25, 0.3) is 0 Å². The molecule has 6 heavy (non-hydrogen) atoms. The normalized spacial score (nSPS) is 12.8. The fraction of sp³-hybridized carbons (Fsp3) is 0.500. The van der Waals surface area contributed by atoms with Crippen LogP contribution in [0.25, 0.3) is 0 Å². The van der Waals surface area contributed by atoms with Gasteiger partial charge in [-0.2, -0.15) is 0 Å². The highest BCUT2D eigenvalue weighted by atomic mass is 35.5. The Morgan fingerprint density at radius 2 is 2.33 bits per heavy atom. The number of nitrogens with zero attached hydrogens (tertiary/aromatic N) is 1. The molecule has 1 atom stereocenters. The van der Waals surface area contributed by atoms with Crippen LogP contribution < -0.4 is 0 Å². The first-order chi connectivity index (χ1) is 2.81. The summed E-state index contributed by atoms with van der Waals surface area (Å²) in [6.07, 6.45) is 0.258. The molecular formula is C2H2ClNO2. The highest BCUT2D eigenvalue weighted by Gasteiger charge is 1.94. The molecule has 0 aliphatic carbocycles. The van der Waals surface area contributed by atoms with E-state index in [1.807, 2.05) is 0 Å². The maximum atomic E-state index is 9.31. The van der Waals surface area contributed by atoms with Crippen LogP contribution in [0.1, 0.15) is 0 Å². The zero-order chi connectivity index (χ0) is 4.99. The second kappa shape index (κ2) is 2.78. The van der Waals surface area contributed by atoms with Gasteiger partial charge in [0.2, 0.25) is 5.50 Å². The SMILES string of the molecule is O=CC(Cl)N=O. The number of alkyl halides is 1. The first kappa shape index (κ1) is 5.56. The standard InChI is InChI=1S/C2H2ClNO2/c3-2(1-5)4-6/h1-2H. The number of hydrogen-bond donors (Lipinski definition) is 0. The number of aldehydes is 1. The van der Waals surface area contributed by atoms with Crippen molar-refractivity contribution in [1.82, 2.24) is 0 Å². The van der Waals surface area contributed by atoms with E-state index in [-0.39, 0.29) is 6.29 Å². The number of carbonyl (C=O) groups excluding carboxylic acids is 1. The lowest BCUT2D eigenvalue weighted by molar-refractivity contribution is -0.107. The highest BCUT2D eigenvalue weighted by molar-refractivity contribution is 6.27. The summed E-state index contributed by atoms with van der Waals surface area (Å²) >= 11 is 4.80. The summed E-state index contributed by atoms with van der Waals surface area (Å²) in [5.74, 6) is 0. The average molecular weight is 107 g/mol. The third-order valence-electron chi connectivity index (χ3n) is 0.213. The van der Waals surface area contributed by atoms with E-state index < -0.39 is 5.50 Å². The van der Waals surface area contributed by atoms with Gasteiger partial charge < -0.3 is 0 Å². The lowest BCUT2D eigenvalue weighted by Gasteiger charge is -1.74. The molecule has 0 saturated carbocycles. The van der Waals surface area contributed by atoms with Crippen molar-refractivity contribution in [2.75, 3.05) is 0 Å². The third kappa shape index (κ3) is 1.84. The summed E-state index contributed by atoms with van der Waals surface area (Å²) in [5, 5.41) is 2.15. The van der Waals surface area contributed by atoms with Gasteiger partial charge in [-0.15, -0.1) is 4.91 Å². The van der Waals surface area contributed by atoms with Crippen LogP contribution in [0.3, 0.4) is 0 Å². The van der Waals surface area contributed by atoms with Crippen molar-refractivity contribution < 1.29 is 4.79 Å². The van der Waals surface area contributed by atoms with E-state index in [1.165, 1.54) is 0 Å². The van der Waals surface area contributed by atoms with E-state index in [1.54, 1.807) is 0 Å². The molecule has 0 aliphatic heterocycles. The molecule has 4 heteroatoms. The molecule has 3 nitrogen and oxygen atoms in total. The maximum Gasteiger partial charge on any atom is 0.220 e. The number of hydrogen-bond acceptors (Lipinski definition) is 3. The molecule has 0 radical (unpaired) electrons. The monoisotopic (exact) mass is 107 g/mol. The van der Waals surface area contributed by atoms with Crippen molar-refractivity contribution >= 4 is 17.9 Å².